The van der Waals surface area contributed by atoms with E-state index in [0.29, 0.717) is 5.56 Å². The molecule has 0 amide bonds. The van der Waals surface area contributed by atoms with E-state index in [1.165, 1.54) is 0 Å². The Morgan fingerprint density at radius 2 is 2.09 bits per heavy atom. The molecule has 0 radical (unpaired) electrons. The second-order valence-electron chi connectivity index (χ2n) is 2.60. The molecule has 0 aliphatic heterocycles. The highest BCUT2D eigenvalue weighted by molar-refractivity contribution is 5.45. The Morgan fingerprint density at radius 3 is 2.55 bits per heavy atom. The van der Waals surface area contributed by atoms with E-state index in [9.17, 15) is 0 Å². The van der Waals surface area contributed by atoms with Crippen molar-refractivity contribution in [1.82, 2.24) is 0 Å². The normalized spacial score (nSPS) is 15.1. The van der Waals surface area contributed by atoms with E-state index in [0.717, 1.165) is 5.69 Å². The average molecular weight is 153 g/mol. The van der Waals surface area contributed by atoms with Gasteiger partial charge in [0.25, 0.3) is 0 Å². The Hall–Kier alpha value is -1.02. The first-order chi connectivity index (χ1) is 6.15. The fourth-order valence-electron chi connectivity index (χ4n) is 0.851. The van der Waals surface area contributed by atoms with Gasteiger partial charge in [0.1, 0.15) is 0 Å². The summed E-state index contributed by atoms with van der Waals surface area (Å²) in [5.74, 6) is 0. The van der Waals surface area contributed by atoms with Gasteiger partial charge in [0.15, 0.2) is 0 Å². The molecule has 0 heterocycles. The number of hydrogen-bond donors (Lipinski definition) is 1. The topological polar surface area (TPSA) is 23.5 Å². The van der Waals surface area contributed by atoms with Crippen LogP contribution in [0.3, 0.4) is 0 Å². The number of anilines is 1. The first-order valence-corrected chi connectivity index (χ1v) is 3.46. The van der Waals surface area contributed by atoms with Crippen LogP contribution in [0.2, 0.25) is 0 Å². The third kappa shape index (κ3) is 1.95. The zero-order chi connectivity index (χ0) is 9.84. The summed E-state index contributed by atoms with van der Waals surface area (Å²) in [5, 5.41) is 4.14. The largest absolute Gasteiger partial charge is 0.392 e. The zero-order valence-electron chi connectivity index (χ0n) is 8.74. The molecule has 2 heteroatoms. The van der Waals surface area contributed by atoms with Gasteiger partial charge in [0.2, 0.25) is 1.43 Å². The van der Waals surface area contributed by atoms with Crippen LogP contribution in [0.1, 0.15) is 6.93 Å². The molecule has 1 aromatic rings. The van der Waals surface area contributed by atoms with Gasteiger partial charge in [-0.3, -0.25) is 0 Å². The van der Waals surface area contributed by atoms with Gasteiger partial charge in [-0.25, -0.2) is 0 Å². The molecule has 1 unspecified atom stereocenters. The van der Waals surface area contributed by atoms with Gasteiger partial charge in [0.05, 0.1) is 7.95 Å². The Bertz CT molecular complexity index is 261. The van der Waals surface area contributed by atoms with Crippen LogP contribution in [0.25, 0.3) is 0 Å². The summed E-state index contributed by atoms with van der Waals surface area (Å²) >= 11 is 0. The standard InChI is InChI=1S/C9H13NO/c1-10(2)9-5-3-8(7-11)4-6-9/h3-6,11H,7H2,1-2H3/i7D,11D. The molecule has 2 nitrogen and oxygen atoms in total. The second kappa shape index (κ2) is 3.39. The summed E-state index contributed by atoms with van der Waals surface area (Å²) in [4.78, 5) is 1.98. The number of rotatable bonds is 3. The molecule has 1 rings (SSSR count). The highest BCUT2D eigenvalue weighted by atomic mass is 16.3. The summed E-state index contributed by atoms with van der Waals surface area (Å²) in [7, 11) is 3.91. The minimum absolute atomic E-state index is 0.695. The van der Waals surface area contributed by atoms with Gasteiger partial charge >= 0.3 is 0 Å². The molecule has 1 N–H and O–H groups in total. The SMILES string of the molecule is [2H]OC([2H])c1ccc(N(C)C)cc1. The molecule has 11 heavy (non-hydrogen) atoms. The third-order valence-corrected chi connectivity index (χ3v) is 1.55. The van der Waals surface area contributed by atoms with E-state index in [1.54, 1.807) is 12.1 Å². The maximum atomic E-state index is 7.32. The molecule has 0 spiro atoms. The maximum Gasteiger partial charge on any atom is 0.211 e. The predicted molar refractivity (Wildman–Crippen MR) is 46.7 cm³/mol. The first-order valence-electron chi connectivity index (χ1n) is 4.45. The van der Waals surface area contributed by atoms with Crippen LogP contribution in [0, 0.1) is 0 Å². The monoisotopic (exact) mass is 153 g/mol. The number of aliphatic hydroxyl groups is 1. The fraction of sp³-hybridized carbons (Fsp3) is 0.333. The van der Waals surface area contributed by atoms with Gasteiger partial charge in [-0.15, -0.1) is 0 Å². The van der Waals surface area contributed by atoms with Crippen LogP contribution >= 0.6 is 0 Å². The van der Waals surface area contributed by atoms with Crippen molar-refractivity contribution >= 4 is 5.69 Å². The van der Waals surface area contributed by atoms with Crippen molar-refractivity contribution in [2.24, 2.45) is 0 Å². The minimum Gasteiger partial charge on any atom is -0.392 e. The molecule has 0 aliphatic rings. The van der Waals surface area contributed by atoms with Crippen LogP contribution < -0.4 is 4.90 Å². The molecule has 0 saturated heterocycles. The summed E-state index contributed by atoms with van der Waals surface area (Å²) in [5.41, 5.74) is 1.77. The first kappa shape index (κ1) is 5.61. The van der Waals surface area contributed by atoms with E-state index < -0.39 is 6.58 Å². The van der Waals surface area contributed by atoms with Gasteiger partial charge < -0.3 is 10.0 Å². The lowest BCUT2D eigenvalue weighted by atomic mass is 10.2. The fourth-order valence-corrected chi connectivity index (χ4v) is 0.851. The molecule has 0 saturated carbocycles. The van der Waals surface area contributed by atoms with Crippen molar-refractivity contribution in [2.75, 3.05) is 19.0 Å². The van der Waals surface area contributed by atoms with Crippen LogP contribution in [0.15, 0.2) is 24.3 Å². The number of aliphatic hydroxyl groups excluding tert-OH is 1. The van der Waals surface area contributed by atoms with Gasteiger partial charge in [0, 0.05) is 19.8 Å². The van der Waals surface area contributed by atoms with Crippen molar-refractivity contribution in [2.45, 2.75) is 6.58 Å². The van der Waals surface area contributed by atoms with Crippen LogP contribution in [0.4, 0.5) is 5.69 Å². The Kier molecular flexibility index (Phi) is 1.73. The molecule has 0 fully saturated rings. The molecule has 1 aromatic carbocycles. The van der Waals surface area contributed by atoms with E-state index in [1.807, 2.05) is 31.1 Å². The minimum atomic E-state index is -0.906. The maximum absolute atomic E-state index is 7.32. The van der Waals surface area contributed by atoms with Crippen molar-refractivity contribution in [3.8, 4) is 0 Å². The van der Waals surface area contributed by atoms with Crippen molar-refractivity contribution in [3.05, 3.63) is 29.8 Å². The Labute approximate surface area is 70.0 Å². The second-order valence-corrected chi connectivity index (χ2v) is 2.60. The highest BCUT2D eigenvalue weighted by Gasteiger charge is 1.93. The van der Waals surface area contributed by atoms with Gasteiger partial charge in [-0.05, 0) is 17.7 Å². The van der Waals surface area contributed by atoms with Gasteiger partial charge in [-0.1, -0.05) is 12.1 Å². The van der Waals surface area contributed by atoms with E-state index in [2.05, 4.69) is 5.11 Å². The highest BCUT2D eigenvalue weighted by Crippen LogP contribution is 2.11. The Balaban J connectivity index is 2.81. The molecular formula is C9H13NO. The lowest BCUT2D eigenvalue weighted by molar-refractivity contribution is 0.282. The summed E-state index contributed by atoms with van der Waals surface area (Å²) in [6.45, 7) is -0.906. The van der Waals surface area contributed by atoms with Crippen LogP contribution in [-0.2, 0) is 6.58 Å². The average Bonchev–Trinajstić information content (AvgIpc) is 2.17. The lowest BCUT2D eigenvalue weighted by Crippen LogP contribution is -2.08. The zero-order valence-corrected chi connectivity index (χ0v) is 6.74. The quantitative estimate of drug-likeness (QED) is 0.706. The van der Waals surface area contributed by atoms with Crippen molar-refractivity contribution < 1.29 is 6.48 Å². The van der Waals surface area contributed by atoms with Crippen molar-refractivity contribution in [3.63, 3.8) is 0 Å². The Morgan fingerprint density at radius 1 is 1.45 bits per heavy atom. The molecule has 1 atom stereocenters. The van der Waals surface area contributed by atoms with Crippen molar-refractivity contribution in [1.29, 1.82) is 1.43 Å². The summed E-state index contributed by atoms with van der Waals surface area (Å²) < 4.78 is 13.9. The number of benzene rings is 1. The van der Waals surface area contributed by atoms with Crippen LogP contribution in [-0.4, -0.2) is 20.6 Å². The molecular weight excluding hydrogens is 138 g/mol. The van der Waals surface area contributed by atoms with Gasteiger partial charge in [-0.2, -0.15) is 0 Å². The number of hydrogen-bond acceptors (Lipinski definition) is 2. The summed E-state index contributed by atoms with van der Waals surface area (Å²) in [6, 6.07) is 7.38. The van der Waals surface area contributed by atoms with E-state index in [-0.39, 0.29) is 0 Å². The van der Waals surface area contributed by atoms with E-state index in [4.69, 9.17) is 2.80 Å². The summed E-state index contributed by atoms with van der Waals surface area (Å²) in [6.07, 6.45) is 0. The molecule has 0 aliphatic carbocycles. The van der Waals surface area contributed by atoms with E-state index >= 15 is 0 Å². The molecule has 0 bridgehead atoms. The molecule has 0 aromatic heterocycles. The number of nitrogens with zero attached hydrogens (tertiary/aromatic N) is 1. The lowest BCUT2D eigenvalue weighted by Gasteiger charge is -2.11. The predicted octanol–water partition coefficient (Wildman–Crippen LogP) is 1.24. The van der Waals surface area contributed by atoms with Crippen LogP contribution in [0.5, 0.6) is 0 Å². The smallest absolute Gasteiger partial charge is 0.211 e. The third-order valence-electron chi connectivity index (χ3n) is 1.55. The molecule has 60 valence electrons.